The minimum Gasteiger partial charge on any atom is -0.465 e. The summed E-state index contributed by atoms with van der Waals surface area (Å²) in [4.78, 5) is 11.6. The third-order valence-electron chi connectivity index (χ3n) is 2.41. The van der Waals surface area contributed by atoms with Crippen molar-refractivity contribution in [3.05, 3.63) is 30.3 Å². The lowest BCUT2D eigenvalue weighted by molar-refractivity contribution is -0.145. The number of para-hydroxylation sites is 1. The summed E-state index contributed by atoms with van der Waals surface area (Å²) in [6.07, 6.45) is 1.72. The molecule has 0 bridgehead atoms. The molecule has 0 aliphatic carbocycles. The molecule has 0 aliphatic heterocycles. The fourth-order valence-electron chi connectivity index (χ4n) is 1.37. The largest absolute Gasteiger partial charge is 0.465 e. The van der Waals surface area contributed by atoms with Crippen LogP contribution in [0.15, 0.2) is 30.3 Å². The van der Waals surface area contributed by atoms with E-state index in [0.29, 0.717) is 12.4 Å². The Bertz CT molecular complexity index is 469. The maximum atomic E-state index is 12.1. The molecule has 112 valence electrons. The van der Waals surface area contributed by atoms with Crippen molar-refractivity contribution in [2.24, 2.45) is 0 Å². The molecule has 0 aliphatic rings. The molecule has 1 aromatic carbocycles. The predicted molar refractivity (Wildman–Crippen MR) is 79.0 cm³/mol. The summed E-state index contributed by atoms with van der Waals surface area (Å²) >= 11 is 5.79. The average molecular weight is 320 g/mol. The second-order valence-electron chi connectivity index (χ2n) is 4.26. The van der Waals surface area contributed by atoms with E-state index in [1.165, 1.54) is 6.92 Å². The molecule has 0 amide bonds. The van der Waals surface area contributed by atoms with Crippen molar-refractivity contribution >= 4 is 24.1 Å². The second kappa shape index (κ2) is 8.30. The van der Waals surface area contributed by atoms with Crippen LogP contribution >= 0.6 is 18.1 Å². The van der Waals surface area contributed by atoms with Crippen molar-refractivity contribution < 1.29 is 18.6 Å². The number of ether oxygens (including phenoxy) is 1. The molecule has 1 unspecified atom stereocenters. The van der Waals surface area contributed by atoms with Crippen molar-refractivity contribution in [2.45, 2.75) is 32.7 Å². The first-order chi connectivity index (χ1) is 9.44. The van der Waals surface area contributed by atoms with Gasteiger partial charge >= 0.3 is 12.8 Å². The number of halogens is 1. The van der Waals surface area contributed by atoms with Gasteiger partial charge in [-0.3, -0.25) is 4.79 Å². The zero-order valence-electron chi connectivity index (χ0n) is 11.5. The molecule has 1 rings (SSSR count). The van der Waals surface area contributed by atoms with Gasteiger partial charge in [0.05, 0.1) is 6.61 Å². The van der Waals surface area contributed by atoms with Gasteiger partial charge in [-0.2, -0.15) is 0 Å². The number of rotatable bonds is 8. The molecular formula is C13H19ClNO4P. The number of unbranched alkanes of at least 4 members (excludes halogenated alkanes) is 1. The van der Waals surface area contributed by atoms with Gasteiger partial charge < -0.3 is 9.26 Å². The number of carbonyl (C=O) groups is 1. The molecule has 1 aromatic rings. The SMILES string of the molecule is CCCCOC(=O)[C@H](C)NP(=O)(Cl)Oc1ccccc1. The van der Waals surface area contributed by atoms with Crippen LogP contribution in [0.1, 0.15) is 26.7 Å². The standard InChI is InChI=1S/C13H19ClNO4P/c1-3-4-10-18-13(16)11(2)15-20(14,17)19-12-8-6-5-7-9-12/h5-9,11H,3-4,10H2,1-2H3,(H,15,17)/t11-,20?/m0/s1. The molecule has 5 nitrogen and oxygen atoms in total. The van der Waals surface area contributed by atoms with Gasteiger partial charge in [0.25, 0.3) is 0 Å². The summed E-state index contributed by atoms with van der Waals surface area (Å²) in [7, 11) is 0. The number of hydrogen-bond donors (Lipinski definition) is 1. The Morgan fingerprint density at radius 2 is 2.05 bits per heavy atom. The van der Waals surface area contributed by atoms with Gasteiger partial charge in [-0.1, -0.05) is 31.5 Å². The zero-order valence-corrected chi connectivity index (χ0v) is 13.2. The van der Waals surface area contributed by atoms with Gasteiger partial charge in [0.2, 0.25) is 0 Å². The van der Waals surface area contributed by atoms with Crippen molar-refractivity contribution in [3.8, 4) is 5.75 Å². The van der Waals surface area contributed by atoms with Gasteiger partial charge in [-0.15, -0.1) is 0 Å². The van der Waals surface area contributed by atoms with Crippen LogP contribution in [-0.4, -0.2) is 18.6 Å². The van der Waals surface area contributed by atoms with E-state index in [1.807, 2.05) is 6.92 Å². The number of carbonyl (C=O) groups excluding carboxylic acids is 1. The summed E-state index contributed by atoms with van der Waals surface area (Å²) in [5.41, 5.74) is 0. The van der Waals surface area contributed by atoms with Crippen molar-refractivity contribution in [1.82, 2.24) is 5.09 Å². The number of nitrogens with one attached hydrogen (secondary N) is 1. The van der Waals surface area contributed by atoms with E-state index in [2.05, 4.69) is 5.09 Å². The molecule has 0 heterocycles. The molecule has 20 heavy (non-hydrogen) atoms. The first-order valence-electron chi connectivity index (χ1n) is 6.43. The summed E-state index contributed by atoms with van der Waals surface area (Å²) in [6.45, 7) is 0.220. The van der Waals surface area contributed by atoms with E-state index in [9.17, 15) is 9.36 Å². The molecule has 0 saturated heterocycles. The van der Waals surface area contributed by atoms with E-state index in [0.717, 1.165) is 12.8 Å². The Kier molecular flexibility index (Phi) is 7.06. The van der Waals surface area contributed by atoms with Gasteiger partial charge in [-0.05, 0) is 25.5 Å². The van der Waals surface area contributed by atoms with Gasteiger partial charge in [0, 0.05) is 11.2 Å². The van der Waals surface area contributed by atoms with E-state index in [4.69, 9.17) is 20.5 Å². The highest BCUT2D eigenvalue weighted by molar-refractivity contribution is 7.84. The first-order valence-corrected chi connectivity index (χ1v) is 8.96. The molecule has 2 atom stereocenters. The maximum Gasteiger partial charge on any atom is 0.409 e. The predicted octanol–water partition coefficient (Wildman–Crippen LogP) is 3.73. The Labute approximate surface area is 123 Å². The fraction of sp³-hybridized carbons (Fsp3) is 0.462. The van der Waals surface area contributed by atoms with Gasteiger partial charge in [0.15, 0.2) is 0 Å². The Morgan fingerprint density at radius 1 is 1.40 bits per heavy atom. The van der Waals surface area contributed by atoms with Crippen LogP contribution in [0.5, 0.6) is 5.75 Å². The number of hydrogen-bond acceptors (Lipinski definition) is 4. The molecule has 0 spiro atoms. The van der Waals surface area contributed by atoms with Crippen molar-refractivity contribution in [2.75, 3.05) is 6.61 Å². The maximum absolute atomic E-state index is 12.1. The van der Waals surface area contributed by atoms with E-state index >= 15 is 0 Å². The summed E-state index contributed by atoms with van der Waals surface area (Å²) in [6, 6.07) is 7.71. The molecule has 0 aromatic heterocycles. The van der Waals surface area contributed by atoms with Crippen LogP contribution in [0.2, 0.25) is 0 Å². The quantitative estimate of drug-likeness (QED) is 0.449. The lowest BCUT2D eigenvalue weighted by Crippen LogP contribution is -2.33. The molecule has 0 radical (unpaired) electrons. The average Bonchev–Trinajstić information content (AvgIpc) is 2.38. The minimum atomic E-state index is -3.64. The van der Waals surface area contributed by atoms with Crippen LogP contribution in [-0.2, 0) is 14.1 Å². The number of esters is 1. The smallest absolute Gasteiger partial charge is 0.409 e. The van der Waals surface area contributed by atoms with Crippen LogP contribution in [0.3, 0.4) is 0 Å². The van der Waals surface area contributed by atoms with E-state index in [1.54, 1.807) is 30.3 Å². The van der Waals surface area contributed by atoms with Crippen molar-refractivity contribution in [3.63, 3.8) is 0 Å². The fourth-order valence-corrected chi connectivity index (χ4v) is 3.06. The first kappa shape index (κ1) is 17.0. The van der Waals surface area contributed by atoms with Gasteiger partial charge in [0.1, 0.15) is 11.8 Å². The summed E-state index contributed by atoms with van der Waals surface area (Å²) in [5.74, 6) is -0.138. The third-order valence-corrected chi connectivity index (χ3v) is 4.05. The Hall–Kier alpha value is -1.03. The van der Waals surface area contributed by atoms with Crippen LogP contribution in [0, 0.1) is 0 Å². The summed E-state index contributed by atoms with van der Waals surface area (Å²) < 4.78 is 22.2. The van der Waals surface area contributed by atoms with E-state index < -0.39 is 18.9 Å². The highest BCUT2D eigenvalue weighted by Crippen LogP contribution is 2.48. The van der Waals surface area contributed by atoms with Gasteiger partial charge in [-0.25, -0.2) is 9.65 Å². The third kappa shape index (κ3) is 6.42. The van der Waals surface area contributed by atoms with Crippen molar-refractivity contribution in [1.29, 1.82) is 0 Å². The molecule has 0 fully saturated rings. The summed E-state index contributed by atoms with van der Waals surface area (Å²) in [5, 5.41) is 2.46. The zero-order chi connectivity index (χ0) is 15.0. The van der Waals surface area contributed by atoms with Crippen LogP contribution in [0.4, 0.5) is 0 Å². The molecule has 1 N–H and O–H groups in total. The van der Waals surface area contributed by atoms with Crippen LogP contribution in [0.25, 0.3) is 0 Å². The molecular weight excluding hydrogens is 301 g/mol. The molecule has 0 saturated carbocycles. The monoisotopic (exact) mass is 319 g/mol. The van der Waals surface area contributed by atoms with E-state index in [-0.39, 0.29) is 0 Å². The lowest BCUT2D eigenvalue weighted by atomic mass is 10.3. The normalized spacial score (nSPS) is 15.2. The minimum absolute atomic E-state index is 0.341. The number of benzene rings is 1. The topological polar surface area (TPSA) is 64.6 Å². The second-order valence-corrected chi connectivity index (χ2v) is 6.99. The lowest BCUT2D eigenvalue weighted by Gasteiger charge is -2.18. The highest BCUT2D eigenvalue weighted by Gasteiger charge is 2.27. The van der Waals surface area contributed by atoms with Crippen LogP contribution < -0.4 is 9.61 Å². The highest BCUT2D eigenvalue weighted by atomic mass is 35.7. The Balaban J connectivity index is 2.48. The molecule has 7 heteroatoms. The Morgan fingerprint density at radius 3 is 2.65 bits per heavy atom.